The van der Waals surface area contributed by atoms with Crippen molar-refractivity contribution in [1.29, 1.82) is 0 Å². The lowest BCUT2D eigenvalue weighted by Gasteiger charge is -2.32. The number of rotatable bonds is 6. The molecule has 1 fully saturated rings. The molecule has 4 aromatic rings. The van der Waals surface area contributed by atoms with Gasteiger partial charge in [0.2, 0.25) is 0 Å². The van der Waals surface area contributed by atoms with E-state index in [2.05, 4.69) is 4.98 Å². The Balaban J connectivity index is 1.76. The van der Waals surface area contributed by atoms with Crippen molar-refractivity contribution in [2.24, 2.45) is 5.92 Å². The van der Waals surface area contributed by atoms with Crippen molar-refractivity contribution in [3.05, 3.63) is 110 Å². The van der Waals surface area contributed by atoms with Gasteiger partial charge in [0, 0.05) is 6.08 Å². The topological polar surface area (TPSA) is 70.2 Å². The minimum atomic E-state index is -1.01. The molecule has 0 radical (unpaired) electrons. The van der Waals surface area contributed by atoms with Crippen LogP contribution in [0.15, 0.2) is 71.5 Å². The molecule has 0 saturated heterocycles. The number of aromatic nitrogens is 1. The standard InChI is InChI=1S/C28H21ClFNO3S/c29-22-15-20(30)10-11-21(22)27(17-2-1-3-17)26(18-7-4-16(5-8-18)6-13-25(32)33)19-9-12-24-23(14-19)31-28(34)35-24/h4-15,17H,1-3H2,(H,31,34)(H,32,33). The fourth-order valence-electron chi connectivity index (χ4n) is 4.48. The van der Waals surface area contributed by atoms with Crippen LogP contribution in [0.3, 0.4) is 0 Å². The van der Waals surface area contributed by atoms with Crippen LogP contribution >= 0.6 is 22.9 Å². The summed E-state index contributed by atoms with van der Waals surface area (Å²) in [6, 6.07) is 18.0. The van der Waals surface area contributed by atoms with E-state index >= 15 is 0 Å². The van der Waals surface area contributed by atoms with E-state index in [1.165, 1.54) is 12.1 Å². The first-order valence-corrected chi connectivity index (χ1v) is 12.4. The monoisotopic (exact) mass is 505 g/mol. The third-order valence-corrected chi connectivity index (χ3v) is 7.51. The molecule has 0 atom stereocenters. The molecule has 0 unspecified atom stereocenters. The third-order valence-electron chi connectivity index (χ3n) is 6.33. The Morgan fingerprint density at radius 3 is 2.46 bits per heavy atom. The Bertz CT molecular complexity index is 1540. The molecule has 3 aromatic carbocycles. The van der Waals surface area contributed by atoms with Crippen molar-refractivity contribution >= 4 is 56.3 Å². The highest BCUT2D eigenvalue weighted by atomic mass is 35.5. The van der Waals surface area contributed by atoms with Crippen LogP contribution in [0.5, 0.6) is 0 Å². The van der Waals surface area contributed by atoms with Gasteiger partial charge >= 0.3 is 10.8 Å². The summed E-state index contributed by atoms with van der Waals surface area (Å²) in [6.07, 6.45) is 5.76. The van der Waals surface area contributed by atoms with E-state index in [0.717, 1.165) is 80.3 Å². The first-order valence-electron chi connectivity index (χ1n) is 11.2. The smallest absolute Gasteiger partial charge is 0.328 e. The van der Waals surface area contributed by atoms with Crippen LogP contribution in [0.1, 0.15) is 41.5 Å². The Hall–Kier alpha value is -3.48. The molecule has 2 N–H and O–H groups in total. The van der Waals surface area contributed by atoms with Crippen LogP contribution in [0.2, 0.25) is 5.02 Å². The second kappa shape index (κ2) is 9.64. The van der Waals surface area contributed by atoms with E-state index in [-0.39, 0.29) is 16.6 Å². The lowest BCUT2D eigenvalue weighted by atomic mass is 9.73. The summed E-state index contributed by atoms with van der Waals surface area (Å²) in [7, 11) is 0. The molecular formula is C28H21ClFNO3S. The molecular weight excluding hydrogens is 485 g/mol. The maximum Gasteiger partial charge on any atom is 0.328 e. The predicted molar refractivity (Wildman–Crippen MR) is 140 cm³/mol. The Kier molecular flexibility index (Phi) is 6.41. The zero-order chi connectivity index (χ0) is 24.5. The van der Waals surface area contributed by atoms with Crippen molar-refractivity contribution in [2.45, 2.75) is 19.3 Å². The number of fused-ring (bicyclic) bond motifs is 1. The molecule has 35 heavy (non-hydrogen) atoms. The normalized spacial score (nSPS) is 14.8. The van der Waals surface area contributed by atoms with Crippen LogP contribution in [0.25, 0.3) is 27.4 Å². The summed E-state index contributed by atoms with van der Waals surface area (Å²) in [5.41, 5.74) is 6.17. The van der Waals surface area contributed by atoms with Crippen molar-refractivity contribution in [1.82, 2.24) is 4.98 Å². The van der Waals surface area contributed by atoms with E-state index in [4.69, 9.17) is 16.7 Å². The van der Waals surface area contributed by atoms with Crippen LogP contribution in [-0.4, -0.2) is 16.1 Å². The molecule has 176 valence electrons. The minimum Gasteiger partial charge on any atom is -0.478 e. The number of benzene rings is 3. The van der Waals surface area contributed by atoms with E-state index in [9.17, 15) is 14.0 Å². The Morgan fingerprint density at radius 1 is 1.06 bits per heavy atom. The highest BCUT2D eigenvalue weighted by Crippen LogP contribution is 2.47. The van der Waals surface area contributed by atoms with Gasteiger partial charge in [-0.25, -0.2) is 9.18 Å². The number of allylic oxidation sites excluding steroid dienone is 1. The van der Waals surface area contributed by atoms with Gasteiger partial charge in [0.15, 0.2) is 0 Å². The molecule has 1 heterocycles. The van der Waals surface area contributed by atoms with Crippen molar-refractivity contribution in [2.75, 3.05) is 0 Å². The average Bonchev–Trinajstić information content (AvgIpc) is 3.16. The van der Waals surface area contributed by atoms with Crippen LogP contribution in [-0.2, 0) is 4.79 Å². The predicted octanol–water partition coefficient (Wildman–Crippen LogP) is 7.24. The molecule has 1 aromatic heterocycles. The number of carboxylic acids is 1. The van der Waals surface area contributed by atoms with Crippen LogP contribution in [0.4, 0.5) is 4.39 Å². The molecule has 0 bridgehead atoms. The fraction of sp³-hybridized carbons (Fsp3) is 0.143. The number of carbonyl (C=O) groups is 1. The number of halogens is 2. The fourth-order valence-corrected chi connectivity index (χ4v) is 5.46. The highest BCUT2D eigenvalue weighted by molar-refractivity contribution is 7.16. The summed E-state index contributed by atoms with van der Waals surface area (Å²) in [5.74, 6) is -1.14. The van der Waals surface area contributed by atoms with E-state index in [1.54, 1.807) is 12.1 Å². The molecule has 5 rings (SSSR count). The van der Waals surface area contributed by atoms with Gasteiger partial charge in [0.05, 0.1) is 15.2 Å². The van der Waals surface area contributed by atoms with E-state index in [0.29, 0.717) is 5.02 Å². The Labute approximate surface area is 210 Å². The molecule has 0 aliphatic heterocycles. The van der Waals surface area contributed by atoms with Gasteiger partial charge in [0.1, 0.15) is 5.82 Å². The van der Waals surface area contributed by atoms with Gasteiger partial charge in [-0.3, -0.25) is 4.79 Å². The number of hydrogen-bond donors (Lipinski definition) is 2. The summed E-state index contributed by atoms with van der Waals surface area (Å²) in [6.45, 7) is 0. The third kappa shape index (κ3) is 4.85. The van der Waals surface area contributed by atoms with Crippen LogP contribution in [0, 0.1) is 11.7 Å². The van der Waals surface area contributed by atoms with Gasteiger partial charge in [0.25, 0.3) is 0 Å². The van der Waals surface area contributed by atoms with Crippen LogP contribution < -0.4 is 4.87 Å². The van der Waals surface area contributed by atoms with Crippen molar-refractivity contribution < 1.29 is 14.3 Å². The summed E-state index contributed by atoms with van der Waals surface area (Å²) < 4.78 is 14.8. The highest BCUT2D eigenvalue weighted by Gasteiger charge is 2.28. The second-order valence-corrected chi connectivity index (χ2v) is 9.98. The number of H-pyrrole nitrogens is 1. The first-order chi connectivity index (χ1) is 16.9. The van der Waals surface area contributed by atoms with Gasteiger partial charge in [-0.15, -0.1) is 0 Å². The number of aliphatic carboxylic acids is 1. The van der Waals surface area contributed by atoms with Gasteiger partial charge in [-0.2, -0.15) is 0 Å². The van der Waals surface area contributed by atoms with E-state index < -0.39 is 5.97 Å². The second-order valence-electron chi connectivity index (χ2n) is 8.56. The molecule has 0 amide bonds. The molecule has 7 heteroatoms. The van der Waals surface area contributed by atoms with Gasteiger partial charge in [-0.1, -0.05) is 65.8 Å². The minimum absolute atomic E-state index is 0.113. The molecule has 1 saturated carbocycles. The lowest BCUT2D eigenvalue weighted by Crippen LogP contribution is -2.15. The maximum atomic E-state index is 13.9. The molecule has 1 aliphatic rings. The number of carboxylic acid groups (broad SMARTS) is 1. The zero-order valence-corrected chi connectivity index (χ0v) is 20.1. The quantitative estimate of drug-likeness (QED) is 0.214. The molecule has 1 aliphatic carbocycles. The largest absolute Gasteiger partial charge is 0.478 e. The number of thiazole rings is 1. The summed E-state index contributed by atoms with van der Waals surface area (Å²) >= 11 is 7.74. The summed E-state index contributed by atoms with van der Waals surface area (Å²) in [4.78, 5) is 25.6. The SMILES string of the molecule is O=C(O)C=Cc1ccc(C(=C(c2ccc(F)cc2Cl)C2CCC2)c2ccc3sc(=O)[nH]c3c2)cc1. The van der Waals surface area contributed by atoms with Crippen molar-refractivity contribution in [3.63, 3.8) is 0 Å². The van der Waals surface area contributed by atoms with Gasteiger partial charge < -0.3 is 10.1 Å². The zero-order valence-electron chi connectivity index (χ0n) is 18.6. The van der Waals surface area contributed by atoms with Crippen molar-refractivity contribution in [3.8, 4) is 0 Å². The summed E-state index contributed by atoms with van der Waals surface area (Å²) in [5, 5.41) is 9.29. The lowest BCUT2D eigenvalue weighted by molar-refractivity contribution is -0.131. The molecule has 4 nitrogen and oxygen atoms in total. The average molecular weight is 506 g/mol. The number of hydrogen-bond acceptors (Lipinski definition) is 3. The molecule has 0 spiro atoms. The Morgan fingerprint density at radius 2 is 1.80 bits per heavy atom. The first kappa shape index (κ1) is 23.3. The van der Waals surface area contributed by atoms with E-state index in [1.807, 2.05) is 42.5 Å². The maximum absolute atomic E-state index is 13.9. The van der Waals surface area contributed by atoms with Gasteiger partial charge in [-0.05, 0) is 82.5 Å². The number of aromatic amines is 1. The number of nitrogens with one attached hydrogen (secondary N) is 1.